The van der Waals surface area contributed by atoms with Crippen LogP contribution in [-0.2, 0) is 14.8 Å². The molecule has 2 aromatic rings. The van der Waals surface area contributed by atoms with Gasteiger partial charge < -0.3 is 10.1 Å². The number of rotatable bonds is 7. The Balaban J connectivity index is 1.71. The van der Waals surface area contributed by atoms with Crippen LogP contribution in [0.5, 0.6) is 0 Å². The van der Waals surface area contributed by atoms with Gasteiger partial charge in [0.1, 0.15) is 5.82 Å². The van der Waals surface area contributed by atoms with Crippen LogP contribution >= 0.6 is 0 Å². The number of amides is 1. The Hall–Kier alpha value is -2.33. The minimum absolute atomic E-state index is 0.0917. The molecule has 0 radical (unpaired) electrons. The lowest BCUT2D eigenvalue weighted by atomic mass is 10.0. The van der Waals surface area contributed by atoms with Gasteiger partial charge in [-0.3, -0.25) is 9.69 Å². The maximum absolute atomic E-state index is 13.3. The van der Waals surface area contributed by atoms with Gasteiger partial charge in [-0.15, -0.1) is 0 Å². The Morgan fingerprint density at radius 2 is 1.72 bits per heavy atom. The number of nitrogens with zero attached hydrogens (tertiary/aromatic N) is 1. The summed E-state index contributed by atoms with van der Waals surface area (Å²) in [5.74, 6) is -0.617. The molecule has 9 heteroatoms. The van der Waals surface area contributed by atoms with Crippen molar-refractivity contribution in [2.24, 2.45) is 0 Å². The van der Waals surface area contributed by atoms with Crippen molar-refractivity contribution in [3.8, 4) is 0 Å². The SMILES string of the molecule is CNS(=O)(=O)c1ccc(C(=O)NCC(c2ccc(F)cc2)N2CCOCC2)cc1. The van der Waals surface area contributed by atoms with Gasteiger partial charge in [-0.2, -0.15) is 0 Å². The Kier molecular flexibility index (Phi) is 6.96. The molecule has 2 aromatic carbocycles. The monoisotopic (exact) mass is 421 g/mol. The summed E-state index contributed by atoms with van der Waals surface area (Å²) in [5.41, 5.74) is 1.27. The third-order valence-corrected chi connectivity index (χ3v) is 6.32. The molecule has 0 bridgehead atoms. The van der Waals surface area contributed by atoms with Crippen LogP contribution < -0.4 is 10.0 Å². The highest BCUT2D eigenvalue weighted by Gasteiger charge is 2.23. The fourth-order valence-electron chi connectivity index (χ4n) is 3.23. The number of sulfonamides is 1. The molecule has 7 nitrogen and oxygen atoms in total. The average Bonchev–Trinajstić information content (AvgIpc) is 2.76. The van der Waals surface area contributed by atoms with Gasteiger partial charge in [0.15, 0.2) is 0 Å². The molecular formula is C20H24FN3O4S. The van der Waals surface area contributed by atoms with E-state index < -0.39 is 10.0 Å². The van der Waals surface area contributed by atoms with Gasteiger partial charge in [-0.1, -0.05) is 12.1 Å². The second kappa shape index (κ2) is 9.45. The topological polar surface area (TPSA) is 87.7 Å². The van der Waals surface area contributed by atoms with Crippen molar-refractivity contribution in [2.75, 3.05) is 39.9 Å². The van der Waals surface area contributed by atoms with Crippen molar-refractivity contribution in [2.45, 2.75) is 10.9 Å². The first kappa shape index (κ1) is 21.4. The van der Waals surface area contributed by atoms with Crippen molar-refractivity contribution >= 4 is 15.9 Å². The summed E-state index contributed by atoms with van der Waals surface area (Å²) in [7, 11) is -2.22. The number of ether oxygens (including phenoxy) is 1. The molecule has 1 heterocycles. The quantitative estimate of drug-likeness (QED) is 0.708. The summed E-state index contributed by atoms with van der Waals surface area (Å²) in [5, 5.41) is 2.90. The smallest absolute Gasteiger partial charge is 0.251 e. The van der Waals surface area contributed by atoms with Crippen LogP contribution in [0.15, 0.2) is 53.4 Å². The zero-order valence-corrected chi connectivity index (χ0v) is 16.9. The Labute approximate surface area is 169 Å². The largest absolute Gasteiger partial charge is 0.379 e. The lowest BCUT2D eigenvalue weighted by Crippen LogP contribution is -2.43. The molecule has 1 aliphatic heterocycles. The first-order valence-corrected chi connectivity index (χ1v) is 10.8. The van der Waals surface area contributed by atoms with E-state index in [-0.39, 0.29) is 22.7 Å². The second-order valence-electron chi connectivity index (χ2n) is 6.66. The van der Waals surface area contributed by atoms with Gasteiger partial charge in [0.25, 0.3) is 5.91 Å². The zero-order chi connectivity index (χ0) is 20.9. The molecule has 1 atom stereocenters. The molecule has 1 amide bonds. The third kappa shape index (κ3) is 5.39. The Morgan fingerprint density at radius 3 is 2.31 bits per heavy atom. The van der Waals surface area contributed by atoms with Gasteiger partial charge in [-0.25, -0.2) is 17.5 Å². The van der Waals surface area contributed by atoms with E-state index in [2.05, 4.69) is 14.9 Å². The first-order chi connectivity index (χ1) is 13.9. The fraction of sp³-hybridized carbons (Fsp3) is 0.350. The number of benzene rings is 2. The number of hydrogen-bond donors (Lipinski definition) is 2. The molecular weight excluding hydrogens is 397 g/mol. The summed E-state index contributed by atoms with van der Waals surface area (Å²) in [6.45, 7) is 2.98. The number of carbonyl (C=O) groups excluding carboxylic acids is 1. The van der Waals surface area contributed by atoms with Gasteiger partial charge in [0.2, 0.25) is 10.0 Å². The summed E-state index contributed by atoms with van der Waals surface area (Å²) >= 11 is 0. The molecule has 0 aromatic heterocycles. The average molecular weight is 421 g/mol. The van der Waals surface area contributed by atoms with E-state index in [0.29, 0.717) is 38.4 Å². The molecule has 2 N–H and O–H groups in total. The molecule has 0 spiro atoms. The van der Waals surface area contributed by atoms with Crippen LogP contribution in [0.2, 0.25) is 0 Å². The molecule has 1 fully saturated rings. The number of halogens is 1. The van der Waals surface area contributed by atoms with Crippen LogP contribution in [0.25, 0.3) is 0 Å². The predicted octanol–water partition coefficient (Wildman–Crippen LogP) is 1.54. The summed E-state index contributed by atoms with van der Waals surface area (Å²) < 4.78 is 44.6. The van der Waals surface area contributed by atoms with E-state index in [4.69, 9.17) is 4.74 Å². The van der Waals surface area contributed by atoms with E-state index in [0.717, 1.165) is 5.56 Å². The number of carbonyl (C=O) groups is 1. The minimum Gasteiger partial charge on any atom is -0.379 e. The number of nitrogens with one attached hydrogen (secondary N) is 2. The van der Waals surface area contributed by atoms with Gasteiger partial charge in [0.05, 0.1) is 24.2 Å². The van der Waals surface area contributed by atoms with Crippen LogP contribution in [0.4, 0.5) is 4.39 Å². The predicted molar refractivity (Wildman–Crippen MR) is 107 cm³/mol. The third-order valence-electron chi connectivity index (χ3n) is 4.89. The second-order valence-corrected chi connectivity index (χ2v) is 8.54. The van der Waals surface area contributed by atoms with E-state index in [1.807, 2.05) is 0 Å². The summed E-state index contributed by atoms with van der Waals surface area (Å²) in [4.78, 5) is 14.9. The molecule has 29 heavy (non-hydrogen) atoms. The van der Waals surface area contributed by atoms with Crippen LogP contribution in [0.3, 0.4) is 0 Å². The highest BCUT2D eigenvalue weighted by molar-refractivity contribution is 7.89. The molecule has 0 saturated carbocycles. The number of morpholine rings is 1. The normalized spacial score (nSPS) is 16.3. The molecule has 156 valence electrons. The van der Waals surface area contributed by atoms with E-state index in [1.54, 1.807) is 12.1 Å². The summed E-state index contributed by atoms with van der Waals surface area (Å²) in [6, 6.07) is 11.9. The van der Waals surface area contributed by atoms with E-state index >= 15 is 0 Å². The highest BCUT2D eigenvalue weighted by Crippen LogP contribution is 2.22. The molecule has 3 rings (SSSR count). The highest BCUT2D eigenvalue weighted by atomic mass is 32.2. The van der Waals surface area contributed by atoms with Crippen molar-refractivity contribution < 1.29 is 22.3 Å². The minimum atomic E-state index is -3.55. The van der Waals surface area contributed by atoms with Crippen LogP contribution in [-0.4, -0.2) is 59.1 Å². The van der Waals surface area contributed by atoms with Crippen LogP contribution in [0, 0.1) is 5.82 Å². The molecule has 1 aliphatic rings. The molecule has 0 aliphatic carbocycles. The van der Waals surface area contributed by atoms with E-state index in [1.165, 1.54) is 43.4 Å². The first-order valence-electron chi connectivity index (χ1n) is 9.30. The van der Waals surface area contributed by atoms with Crippen molar-refractivity contribution in [1.29, 1.82) is 0 Å². The maximum atomic E-state index is 13.3. The summed E-state index contributed by atoms with van der Waals surface area (Å²) in [6.07, 6.45) is 0. The van der Waals surface area contributed by atoms with Crippen molar-refractivity contribution in [3.63, 3.8) is 0 Å². The zero-order valence-electron chi connectivity index (χ0n) is 16.1. The maximum Gasteiger partial charge on any atom is 0.251 e. The fourth-order valence-corrected chi connectivity index (χ4v) is 3.96. The molecule has 1 saturated heterocycles. The van der Waals surface area contributed by atoms with E-state index in [9.17, 15) is 17.6 Å². The Bertz CT molecular complexity index is 927. The lowest BCUT2D eigenvalue weighted by molar-refractivity contribution is 0.0162. The van der Waals surface area contributed by atoms with Gasteiger partial charge >= 0.3 is 0 Å². The van der Waals surface area contributed by atoms with Crippen molar-refractivity contribution in [3.05, 3.63) is 65.5 Å². The van der Waals surface area contributed by atoms with Crippen molar-refractivity contribution in [1.82, 2.24) is 14.9 Å². The lowest BCUT2D eigenvalue weighted by Gasteiger charge is -2.35. The number of hydrogen-bond acceptors (Lipinski definition) is 5. The van der Waals surface area contributed by atoms with Gasteiger partial charge in [-0.05, 0) is 49.0 Å². The standard InChI is InChI=1S/C20H24FN3O4S/c1-22-29(26,27)18-8-4-16(5-9-18)20(25)23-14-19(24-10-12-28-13-11-24)15-2-6-17(21)7-3-15/h2-9,19,22H,10-14H2,1H3,(H,23,25). The molecule has 1 unspecified atom stereocenters. The Morgan fingerprint density at radius 1 is 1.10 bits per heavy atom. The van der Waals surface area contributed by atoms with Crippen LogP contribution in [0.1, 0.15) is 22.0 Å². The van der Waals surface area contributed by atoms with Gasteiger partial charge in [0, 0.05) is 25.2 Å².